The molecule has 0 spiro atoms. The van der Waals surface area contributed by atoms with E-state index in [9.17, 15) is 13.2 Å². The lowest BCUT2D eigenvalue weighted by molar-refractivity contribution is -0.135. The van der Waals surface area contributed by atoms with Crippen molar-refractivity contribution in [2.24, 2.45) is 0 Å². The molecule has 0 saturated heterocycles. The summed E-state index contributed by atoms with van der Waals surface area (Å²) in [6.45, 7) is 0.884. The molecular formula is C12H14F3N3. The fraction of sp³-hybridized carbons (Fsp3) is 0.417. The summed E-state index contributed by atoms with van der Waals surface area (Å²) in [6, 6.07) is 5.71. The molecule has 2 aromatic rings. The molecule has 0 aliphatic carbocycles. The van der Waals surface area contributed by atoms with E-state index in [1.54, 1.807) is 10.7 Å². The average Bonchev–Trinajstić information content (AvgIpc) is 2.71. The van der Waals surface area contributed by atoms with E-state index in [0.717, 1.165) is 11.1 Å². The van der Waals surface area contributed by atoms with Crippen LogP contribution in [0.25, 0.3) is 5.52 Å². The number of fused-ring (bicyclic) bond motifs is 1. The van der Waals surface area contributed by atoms with Crippen LogP contribution in [0.3, 0.4) is 0 Å². The molecule has 1 N–H and O–H groups in total. The monoisotopic (exact) mass is 257 g/mol. The molecule has 98 valence electrons. The van der Waals surface area contributed by atoms with Crippen LogP contribution in [0.5, 0.6) is 0 Å². The Balaban J connectivity index is 1.80. The number of alkyl halides is 3. The third-order valence-corrected chi connectivity index (χ3v) is 2.64. The van der Waals surface area contributed by atoms with Crippen LogP contribution in [0.2, 0.25) is 0 Å². The van der Waals surface area contributed by atoms with Crippen molar-refractivity contribution in [2.75, 3.05) is 6.54 Å². The van der Waals surface area contributed by atoms with Gasteiger partial charge in [0.25, 0.3) is 0 Å². The Hall–Kier alpha value is -1.56. The van der Waals surface area contributed by atoms with Crippen LogP contribution in [0, 0.1) is 0 Å². The number of nitrogens with one attached hydrogen (secondary N) is 1. The van der Waals surface area contributed by atoms with Gasteiger partial charge in [-0.1, -0.05) is 6.07 Å². The highest BCUT2D eigenvalue weighted by Crippen LogP contribution is 2.20. The molecule has 2 heterocycles. The highest BCUT2D eigenvalue weighted by Gasteiger charge is 2.25. The summed E-state index contributed by atoms with van der Waals surface area (Å²) in [6.07, 6.45) is -1.14. The first-order chi connectivity index (χ1) is 8.56. The molecule has 0 unspecified atom stereocenters. The minimum Gasteiger partial charge on any atom is -0.313 e. The molecule has 0 radical (unpaired) electrons. The van der Waals surface area contributed by atoms with Crippen molar-refractivity contribution in [1.82, 2.24) is 14.9 Å². The van der Waals surface area contributed by atoms with Gasteiger partial charge in [0, 0.05) is 24.7 Å². The van der Waals surface area contributed by atoms with Crippen LogP contribution < -0.4 is 5.32 Å². The highest BCUT2D eigenvalue weighted by molar-refractivity contribution is 5.53. The molecule has 0 amide bonds. The Kier molecular flexibility index (Phi) is 3.86. The SMILES string of the molecule is FC(F)(F)CCCNCc1cnn2ccccc12. The van der Waals surface area contributed by atoms with Crippen molar-refractivity contribution < 1.29 is 13.2 Å². The van der Waals surface area contributed by atoms with E-state index in [4.69, 9.17) is 0 Å². The van der Waals surface area contributed by atoms with E-state index in [0.29, 0.717) is 13.1 Å². The van der Waals surface area contributed by atoms with Gasteiger partial charge in [-0.25, -0.2) is 4.52 Å². The zero-order valence-electron chi connectivity index (χ0n) is 9.74. The van der Waals surface area contributed by atoms with Crippen LogP contribution in [-0.4, -0.2) is 22.3 Å². The summed E-state index contributed by atoms with van der Waals surface area (Å²) in [7, 11) is 0. The summed E-state index contributed by atoms with van der Waals surface area (Å²) in [4.78, 5) is 0. The topological polar surface area (TPSA) is 29.3 Å². The standard InChI is InChI=1S/C12H14F3N3/c13-12(14,15)5-3-6-16-8-10-9-17-18-7-2-1-4-11(10)18/h1-2,4,7,9,16H,3,5-6,8H2. The maximum absolute atomic E-state index is 11.9. The van der Waals surface area contributed by atoms with Crippen LogP contribution in [0.15, 0.2) is 30.6 Å². The van der Waals surface area contributed by atoms with Gasteiger partial charge < -0.3 is 5.32 Å². The second kappa shape index (κ2) is 5.39. The smallest absolute Gasteiger partial charge is 0.313 e. The highest BCUT2D eigenvalue weighted by atomic mass is 19.4. The van der Waals surface area contributed by atoms with Crippen LogP contribution >= 0.6 is 0 Å². The zero-order chi connectivity index (χ0) is 13.0. The van der Waals surface area contributed by atoms with E-state index in [2.05, 4.69) is 10.4 Å². The van der Waals surface area contributed by atoms with E-state index in [-0.39, 0.29) is 6.42 Å². The molecule has 3 nitrogen and oxygen atoms in total. The van der Waals surface area contributed by atoms with E-state index >= 15 is 0 Å². The molecule has 0 atom stereocenters. The van der Waals surface area contributed by atoms with Gasteiger partial charge in [0.05, 0.1) is 11.7 Å². The molecule has 0 bridgehead atoms. The fourth-order valence-electron chi connectivity index (χ4n) is 1.76. The van der Waals surface area contributed by atoms with E-state index in [1.807, 2.05) is 24.4 Å². The van der Waals surface area contributed by atoms with E-state index < -0.39 is 12.6 Å². The number of aromatic nitrogens is 2. The molecular weight excluding hydrogens is 243 g/mol. The molecule has 0 saturated carbocycles. The Morgan fingerprint density at radius 1 is 1.28 bits per heavy atom. The summed E-state index contributed by atoms with van der Waals surface area (Å²) in [5.41, 5.74) is 1.96. The summed E-state index contributed by atoms with van der Waals surface area (Å²) in [5.74, 6) is 0. The molecule has 2 rings (SSSR count). The first-order valence-electron chi connectivity index (χ1n) is 5.75. The summed E-state index contributed by atoms with van der Waals surface area (Å²) in [5, 5.41) is 7.15. The van der Waals surface area contributed by atoms with Crippen molar-refractivity contribution in [3.8, 4) is 0 Å². The van der Waals surface area contributed by atoms with Crippen LogP contribution in [-0.2, 0) is 6.54 Å². The normalized spacial score (nSPS) is 12.2. The molecule has 0 aromatic carbocycles. The maximum atomic E-state index is 11.9. The van der Waals surface area contributed by atoms with Crippen molar-refractivity contribution in [3.63, 3.8) is 0 Å². The minimum absolute atomic E-state index is 0.0999. The van der Waals surface area contributed by atoms with Gasteiger partial charge in [-0.05, 0) is 25.1 Å². The van der Waals surface area contributed by atoms with Crippen molar-refractivity contribution in [3.05, 3.63) is 36.2 Å². The predicted octanol–water partition coefficient (Wildman–Crippen LogP) is 2.77. The van der Waals surface area contributed by atoms with Crippen molar-refractivity contribution >= 4 is 5.52 Å². The van der Waals surface area contributed by atoms with E-state index in [1.165, 1.54) is 0 Å². The van der Waals surface area contributed by atoms with Gasteiger partial charge in [-0.15, -0.1) is 0 Å². The number of hydrogen-bond donors (Lipinski definition) is 1. The largest absolute Gasteiger partial charge is 0.389 e. The van der Waals surface area contributed by atoms with Crippen LogP contribution in [0.1, 0.15) is 18.4 Å². The zero-order valence-corrected chi connectivity index (χ0v) is 9.74. The molecule has 6 heteroatoms. The average molecular weight is 257 g/mol. The number of rotatable bonds is 5. The first kappa shape index (κ1) is 12.9. The Bertz CT molecular complexity index is 504. The Labute approximate surface area is 103 Å². The lowest BCUT2D eigenvalue weighted by atomic mass is 10.2. The van der Waals surface area contributed by atoms with Gasteiger partial charge in [0.2, 0.25) is 0 Å². The third kappa shape index (κ3) is 3.46. The molecule has 0 aliphatic rings. The molecule has 18 heavy (non-hydrogen) atoms. The minimum atomic E-state index is -4.06. The van der Waals surface area contributed by atoms with Gasteiger partial charge in [0.15, 0.2) is 0 Å². The number of nitrogens with zero attached hydrogens (tertiary/aromatic N) is 2. The second-order valence-corrected chi connectivity index (χ2v) is 4.10. The first-order valence-corrected chi connectivity index (χ1v) is 5.75. The lowest BCUT2D eigenvalue weighted by Crippen LogP contribution is -2.17. The quantitative estimate of drug-likeness (QED) is 0.834. The fourth-order valence-corrected chi connectivity index (χ4v) is 1.76. The number of pyridine rings is 1. The summed E-state index contributed by atoms with van der Waals surface area (Å²) < 4.78 is 37.5. The second-order valence-electron chi connectivity index (χ2n) is 4.10. The third-order valence-electron chi connectivity index (χ3n) is 2.64. The maximum Gasteiger partial charge on any atom is 0.389 e. The van der Waals surface area contributed by atoms with Gasteiger partial charge in [-0.3, -0.25) is 0 Å². The number of hydrogen-bond acceptors (Lipinski definition) is 2. The summed E-state index contributed by atoms with van der Waals surface area (Å²) >= 11 is 0. The van der Waals surface area contributed by atoms with Gasteiger partial charge in [-0.2, -0.15) is 18.3 Å². The molecule has 0 fully saturated rings. The predicted molar refractivity (Wildman–Crippen MR) is 62.2 cm³/mol. The van der Waals surface area contributed by atoms with Crippen LogP contribution in [0.4, 0.5) is 13.2 Å². The lowest BCUT2D eigenvalue weighted by Gasteiger charge is -2.06. The van der Waals surface area contributed by atoms with Gasteiger partial charge in [0.1, 0.15) is 0 Å². The van der Waals surface area contributed by atoms with Crippen molar-refractivity contribution in [2.45, 2.75) is 25.6 Å². The molecule has 2 aromatic heterocycles. The van der Waals surface area contributed by atoms with Crippen molar-refractivity contribution in [1.29, 1.82) is 0 Å². The Morgan fingerprint density at radius 3 is 2.89 bits per heavy atom. The number of halogens is 3. The Morgan fingerprint density at radius 2 is 2.11 bits per heavy atom. The van der Waals surface area contributed by atoms with Gasteiger partial charge >= 0.3 is 6.18 Å². The molecule has 0 aliphatic heterocycles.